The molecule has 0 bridgehead atoms. The molecule has 2 saturated heterocycles. The molecular formula is C48H54O15. The number of esters is 4. The van der Waals surface area contributed by atoms with Crippen LogP contribution in [-0.2, 0) is 97.7 Å². The van der Waals surface area contributed by atoms with E-state index < -0.39 is 91.9 Å². The Bertz CT molecular complexity index is 2020. The van der Waals surface area contributed by atoms with Crippen molar-refractivity contribution in [3.05, 3.63) is 144 Å². The van der Waals surface area contributed by atoms with Gasteiger partial charge >= 0.3 is 23.9 Å². The van der Waals surface area contributed by atoms with Gasteiger partial charge in [0, 0.05) is 27.7 Å². The monoisotopic (exact) mass is 870 g/mol. The Kier molecular flexibility index (Phi) is 17.7. The van der Waals surface area contributed by atoms with Gasteiger partial charge in [0.1, 0.15) is 37.1 Å². The van der Waals surface area contributed by atoms with Gasteiger partial charge in [0.25, 0.3) is 0 Å². The molecule has 2 fully saturated rings. The lowest BCUT2D eigenvalue weighted by Crippen LogP contribution is -2.64. The van der Waals surface area contributed by atoms with Gasteiger partial charge < -0.3 is 52.1 Å². The van der Waals surface area contributed by atoms with Crippen LogP contribution in [0.25, 0.3) is 0 Å². The predicted molar refractivity (Wildman–Crippen MR) is 223 cm³/mol. The molecule has 4 aromatic carbocycles. The molecule has 6 rings (SSSR count). The predicted octanol–water partition coefficient (Wildman–Crippen LogP) is 5.78. The Morgan fingerprint density at radius 2 is 0.746 bits per heavy atom. The second kappa shape index (κ2) is 23.8. The first-order valence-electron chi connectivity index (χ1n) is 20.7. The summed E-state index contributed by atoms with van der Waals surface area (Å²) in [6, 6.07) is 38.5. The molecule has 0 spiro atoms. The zero-order valence-corrected chi connectivity index (χ0v) is 35.7. The zero-order valence-electron chi connectivity index (χ0n) is 35.7. The number of carbonyl (C=O) groups excluding carboxylic acids is 4. The van der Waals surface area contributed by atoms with Crippen molar-refractivity contribution in [2.24, 2.45) is 0 Å². The molecule has 2 heterocycles. The lowest BCUT2D eigenvalue weighted by Gasteiger charge is -2.47. The summed E-state index contributed by atoms with van der Waals surface area (Å²) in [5.74, 6) is -2.94. The fraction of sp³-hybridized carbons (Fsp3) is 0.417. The second-order valence-corrected chi connectivity index (χ2v) is 15.0. The van der Waals surface area contributed by atoms with Gasteiger partial charge in [-0.25, -0.2) is 0 Å². The SMILES string of the molecule is CC(=O)OC[C@H]1O[C@H](OC[C@H]2O[C@@H](OCc3ccccc3)[C@H](OCc3ccccc3)[C@@H](OCc3ccccc3)[C@@H]2OCc2ccccc2)[C@@H](OC(C)=O)[C@@H](OC(C)=O)[C@@H]1OC(C)=O. The molecule has 4 aromatic rings. The van der Waals surface area contributed by atoms with Crippen molar-refractivity contribution in [1.29, 1.82) is 0 Å². The van der Waals surface area contributed by atoms with Gasteiger partial charge in [-0.15, -0.1) is 0 Å². The third kappa shape index (κ3) is 14.2. The maximum atomic E-state index is 12.6. The molecule has 10 atom stereocenters. The second-order valence-electron chi connectivity index (χ2n) is 15.0. The number of benzene rings is 4. The first-order chi connectivity index (χ1) is 30.5. The molecule has 2 aliphatic rings. The number of carbonyl (C=O) groups is 4. The number of hydrogen-bond acceptors (Lipinski definition) is 15. The van der Waals surface area contributed by atoms with Crippen LogP contribution in [0.1, 0.15) is 49.9 Å². The Labute approximate surface area is 366 Å². The normalized spacial score (nSPS) is 25.7. The van der Waals surface area contributed by atoms with Crippen molar-refractivity contribution >= 4 is 23.9 Å². The maximum absolute atomic E-state index is 12.6. The van der Waals surface area contributed by atoms with E-state index in [1.807, 2.05) is 121 Å². The zero-order chi connectivity index (χ0) is 44.6. The quantitative estimate of drug-likeness (QED) is 0.0773. The van der Waals surface area contributed by atoms with E-state index in [2.05, 4.69) is 0 Å². The minimum atomic E-state index is -1.48. The molecule has 0 radical (unpaired) electrons. The number of rotatable bonds is 20. The van der Waals surface area contributed by atoms with Crippen molar-refractivity contribution < 1.29 is 71.3 Å². The van der Waals surface area contributed by atoms with Crippen molar-refractivity contribution in [3.8, 4) is 0 Å². The molecule has 15 nitrogen and oxygen atoms in total. The van der Waals surface area contributed by atoms with E-state index in [4.69, 9.17) is 52.1 Å². The van der Waals surface area contributed by atoms with Crippen LogP contribution in [0.3, 0.4) is 0 Å². The molecule has 0 aliphatic carbocycles. The van der Waals surface area contributed by atoms with Crippen LogP contribution in [0.5, 0.6) is 0 Å². The van der Waals surface area contributed by atoms with Crippen molar-refractivity contribution in [3.63, 3.8) is 0 Å². The standard InChI is InChI=1S/C48H54O15/c1-31(49)53-29-40-42(59-32(2)50)44(60-33(3)51)46(61-34(4)52)48(63-40)58-30-39-41(54-25-35-17-9-5-10-18-35)43(55-26-36-19-11-6-12-20-36)45(56-27-37-21-13-7-14-22-37)47(62-39)57-28-38-23-15-8-16-24-38/h5-24,39-48H,25-30H2,1-4H3/t39-,40-,41-,42-,43+,44+,45-,46+,47-,48+/m1/s1. The maximum Gasteiger partial charge on any atom is 0.303 e. The van der Waals surface area contributed by atoms with Crippen LogP contribution in [-0.4, -0.2) is 98.5 Å². The van der Waals surface area contributed by atoms with Crippen LogP contribution in [0.15, 0.2) is 121 Å². The molecule has 2 aliphatic heterocycles. The van der Waals surface area contributed by atoms with Gasteiger partial charge in [0.05, 0.1) is 33.0 Å². The molecule has 0 saturated carbocycles. The molecule has 336 valence electrons. The van der Waals surface area contributed by atoms with E-state index >= 15 is 0 Å². The molecule has 15 heteroatoms. The van der Waals surface area contributed by atoms with Gasteiger partial charge in [-0.3, -0.25) is 19.2 Å². The first-order valence-corrected chi connectivity index (χ1v) is 20.7. The third-order valence-electron chi connectivity index (χ3n) is 10.1. The molecule has 0 unspecified atom stereocenters. The summed E-state index contributed by atoms with van der Waals surface area (Å²) in [6.07, 6.45) is -11.6. The van der Waals surface area contributed by atoms with Gasteiger partial charge in [0.15, 0.2) is 30.9 Å². The van der Waals surface area contributed by atoms with E-state index in [1.165, 1.54) is 6.92 Å². The highest BCUT2D eigenvalue weighted by Crippen LogP contribution is 2.34. The van der Waals surface area contributed by atoms with E-state index in [-0.39, 0.29) is 33.0 Å². The van der Waals surface area contributed by atoms with Crippen molar-refractivity contribution in [2.75, 3.05) is 13.2 Å². The average molecular weight is 871 g/mol. The average Bonchev–Trinajstić information content (AvgIpc) is 3.27. The van der Waals surface area contributed by atoms with Gasteiger partial charge in [-0.2, -0.15) is 0 Å². The minimum Gasteiger partial charge on any atom is -0.463 e. The Hall–Kier alpha value is -5.52. The van der Waals surface area contributed by atoms with Crippen molar-refractivity contribution in [1.82, 2.24) is 0 Å². The van der Waals surface area contributed by atoms with Crippen LogP contribution in [0, 0.1) is 0 Å². The smallest absolute Gasteiger partial charge is 0.303 e. The van der Waals surface area contributed by atoms with Gasteiger partial charge in [0.2, 0.25) is 0 Å². The van der Waals surface area contributed by atoms with Gasteiger partial charge in [-0.1, -0.05) is 121 Å². The van der Waals surface area contributed by atoms with Gasteiger partial charge in [-0.05, 0) is 22.3 Å². The van der Waals surface area contributed by atoms with Crippen LogP contribution < -0.4 is 0 Å². The summed E-state index contributed by atoms with van der Waals surface area (Å²) in [5.41, 5.74) is 3.58. The van der Waals surface area contributed by atoms with E-state index in [0.29, 0.717) is 0 Å². The highest BCUT2D eigenvalue weighted by Gasteiger charge is 2.54. The lowest BCUT2D eigenvalue weighted by atomic mass is 9.97. The fourth-order valence-corrected chi connectivity index (χ4v) is 7.28. The number of hydrogen-bond donors (Lipinski definition) is 0. The van der Waals surface area contributed by atoms with E-state index in [0.717, 1.165) is 43.0 Å². The van der Waals surface area contributed by atoms with E-state index in [9.17, 15) is 19.2 Å². The van der Waals surface area contributed by atoms with Crippen LogP contribution >= 0.6 is 0 Å². The van der Waals surface area contributed by atoms with E-state index in [1.54, 1.807) is 0 Å². The highest BCUT2D eigenvalue weighted by atomic mass is 16.8. The summed E-state index contributed by atoms with van der Waals surface area (Å²) in [6.45, 7) is 4.61. The largest absolute Gasteiger partial charge is 0.463 e. The molecule has 0 aromatic heterocycles. The summed E-state index contributed by atoms with van der Waals surface area (Å²) in [7, 11) is 0. The summed E-state index contributed by atoms with van der Waals surface area (Å²) >= 11 is 0. The highest BCUT2D eigenvalue weighted by molar-refractivity contribution is 5.68. The summed E-state index contributed by atoms with van der Waals surface area (Å²) in [5, 5.41) is 0. The Morgan fingerprint density at radius 3 is 1.19 bits per heavy atom. The molecular weight excluding hydrogens is 817 g/mol. The first kappa shape index (κ1) is 47.0. The summed E-state index contributed by atoms with van der Waals surface area (Å²) < 4.78 is 68.5. The van der Waals surface area contributed by atoms with Crippen molar-refractivity contribution in [2.45, 2.75) is 116 Å². The number of ether oxygens (including phenoxy) is 11. The molecule has 63 heavy (non-hydrogen) atoms. The lowest BCUT2D eigenvalue weighted by molar-refractivity contribution is -0.347. The molecule has 0 amide bonds. The van der Waals surface area contributed by atoms with Crippen LogP contribution in [0.4, 0.5) is 0 Å². The van der Waals surface area contributed by atoms with Crippen LogP contribution in [0.2, 0.25) is 0 Å². The fourth-order valence-electron chi connectivity index (χ4n) is 7.28. The Balaban J connectivity index is 1.37. The topological polar surface area (TPSA) is 170 Å². The molecule has 0 N–H and O–H groups in total. The third-order valence-corrected chi connectivity index (χ3v) is 10.1. The minimum absolute atomic E-state index is 0.149. The summed E-state index contributed by atoms with van der Waals surface area (Å²) in [4.78, 5) is 49.4. The Morgan fingerprint density at radius 1 is 0.381 bits per heavy atom.